The minimum atomic E-state index is 0.422. The molecule has 3 heterocycles. The maximum Gasteiger partial charge on any atom is 0.144 e. The Labute approximate surface area is 148 Å². The highest BCUT2D eigenvalue weighted by atomic mass is 35.5. The van der Waals surface area contributed by atoms with Crippen molar-refractivity contribution in [2.45, 2.75) is 31.8 Å². The molecule has 3 rings (SSSR count). The van der Waals surface area contributed by atoms with Crippen molar-refractivity contribution >= 4 is 17.4 Å². The summed E-state index contributed by atoms with van der Waals surface area (Å²) in [7, 11) is 0. The van der Waals surface area contributed by atoms with Crippen molar-refractivity contribution in [2.75, 3.05) is 18.4 Å². The molecule has 0 saturated carbocycles. The van der Waals surface area contributed by atoms with Crippen LogP contribution in [0.5, 0.6) is 0 Å². The summed E-state index contributed by atoms with van der Waals surface area (Å²) in [6.07, 6.45) is 10.5. The number of anilines is 1. The molecule has 4 nitrogen and oxygen atoms in total. The molecule has 2 aromatic heterocycles. The van der Waals surface area contributed by atoms with Gasteiger partial charge in [0.25, 0.3) is 0 Å². The Bertz CT molecular complexity index is 666. The van der Waals surface area contributed by atoms with E-state index in [0.29, 0.717) is 11.1 Å². The van der Waals surface area contributed by atoms with Gasteiger partial charge in [-0.25, -0.2) is 4.98 Å². The summed E-state index contributed by atoms with van der Waals surface area (Å²) >= 11 is 6.34. The topological polar surface area (TPSA) is 41.1 Å². The monoisotopic (exact) mass is 342 g/mol. The number of aromatic nitrogens is 2. The predicted molar refractivity (Wildman–Crippen MR) is 99.3 cm³/mol. The Balaban J connectivity index is 1.51. The van der Waals surface area contributed by atoms with Crippen molar-refractivity contribution in [2.24, 2.45) is 0 Å². The first-order chi connectivity index (χ1) is 11.7. The molecule has 1 aliphatic rings. The van der Waals surface area contributed by atoms with E-state index in [2.05, 4.69) is 32.8 Å². The highest BCUT2D eigenvalue weighted by Crippen LogP contribution is 2.24. The van der Waals surface area contributed by atoms with Crippen molar-refractivity contribution in [1.29, 1.82) is 0 Å². The lowest BCUT2D eigenvalue weighted by Gasteiger charge is -2.32. The lowest BCUT2D eigenvalue weighted by atomic mass is 10.0. The maximum atomic E-state index is 6.34. The number of nitrogens with zero attached hydrogens (tertiary/aromatic N) is 3. The molecule has 24 heavy (non-hydrogen) atoms. The summed E-state index contributed by atoms with van der Waals surface area (Å²) in [6.45, 7) is 6.85. The molecule has 0 radical (unpaired) electrons. The third-order valence-electron chi connectivity index (χ3n) is 4.34. The van der Waals surface area contributed by atoms with Crippen molar-refractivity contribution < 1.29 is 0 Å². The standard InChI is InChI=1S/C19H23ClN4/c1-2-4-15-11-18(20)19(22-13-15)23-17-6-9-24(10-7-17)14-16-5-3-8-21-12-16/h2-3,5,8,11-13,17H,1,4,6-7,9-10,14H2,(H,22,23). The van der Waals surface area contributed by atoms with E-state index in [1.165, 1.54) is 5.56 Å². The van der Waals surface area contributed by atoms with Gasteiger partial charge in [-0.1, -0.05) is 23.7 Å². The number of nitrogens with one attached hydrogen (secondary N) is 1. The van der Waals surface area contributed by atoms with Crippen LogP contribution in [0.2, 0.25) is 5.02 Å². The fourth-order valence-corrected chi connectivity index (χ4v) is 3.28. The largest absolute Gasteiger partial charge is 0.366 e. The first-order valence-corrected chi connectivity index (χ1v) is 8.75. The number of halogens is 1. The van der Waals surface area contributed by atoms with Crippen LogP contribution in [0.4, 0.5) is 5.82 Å². The number of likely N-dealkylation sites (tertiary alicyclic amines) is 1. The number of hydrogen-bond donors (Lipinski definition) is 1. The van der Waals surface area contributed by atoms with Gasteiger partial charge in [-0.15, -0.1) is 6.58 Å². The second-order valence-corrected chi connectivity index (χ2v) is 6.63. The van der Waals surface area contributed by atoms with Gasteiger partial charge in [-0.2, -0.15) is 0 Å². The van der Waals surface area contributed by atoms with Crippen LogP contribution in [0.1, 0.15) is 24.0 Å². The Morgan fingerprint density at radius 2 is 2.12 bits per heavy atom. The number of hydrogen-bond acceptors (Lipinski definition) is 4. The third kappa shape index (κ3) is 4.56. The van der Waals surface area contributed by atoms with Crippen LogP contribution in [-0.4, -0.2) is 34.0 Å². The van der Waals surface area contributed by atoms with Crippen LogP contribution in [0.3, 0.4) is 0 Å². The molecule has 0 amide bonds. The van der Waals surface area contributed by atoms with E-state index in [4.69, 9.17) is 11.6 Å². The fourth-order valence-electron chi connectivity index (χ4n) is 3.04. The van der Waals surface area contributed by atoms with Gasteiger partial charge in [0, 0.05) is 44.3 Å². The van der Waals surface area contributed by atoms with Crippen molar-refractivity contribution in [1.82, 2.24) is 14.9 Å². The molecule has 1 aliphatic heterocycles. The van der Waals surface area contributed by atoms with Crippen LogP contribution in [0, 0.1) is 0 Å². The van der Waals surface area contributed by atoms with E-state index in [1.54, 1.807) is 0 Å². The third-order valence-corrected chi connectivity index (χ3v) is 4.62. The summed E-state index contributed by atoms with van der Waals surface area (Å²) in [5, 5.41) is 4.18. The number of pyridine rings is 2. The van der Waals surface area contributed by atoms with E-state index < -0.39 is 0 Å². The Morgan fingerprint density at radius 1 is 1.29 bits per heavy atom. The Kier molecular flexibility index (Phi) is 5.83. The van der Waals surface area contributed by atoms with Gasteiger partial charge in [0.15, 0.2) is 0 Å². The summed E-state index contributed by atoms with van der Waals surface area (Å²) in [5.74, 6) is 0.787. The fraction of sp³-hybridized carbons (Fsp3) is 0.368. The van der Waals surface area contributed by atoms with E-state index in [-0.39, 0.29) is 0 Å². The van der Waals surface area contributed by atoms with Crippen LogP contribution in [0.25, 0.3) is 0 Å². The SMILES string of the molecule is C=CCc1cnc(NC2CCN(Cc3cccnc3)CC2)c(Cl)c1. The zero-order chi connectivity index (χ0) is 16.8. The van der Waals surface area contributed by atoms with E-state index in [9.17, 15) is 0 Å². The van der Waals surface area contributed by atoms with Crippen LogP contribution in [0.15, 0.2) is 49.4 Å². The van der Waals surface area contributed by atoms with E-state index in [1.807, 2.05) is 36.8 Å². The summed E-state index contributed by atoms with van der Waals surface area (Å²) in [5.41, 5.74) is 2.36. The predicted octanol–water partition coefficient (Wildman–Crippen LogP) is 3.94. The molecule has 1 fully saturated rings. The van der Waals surface area contributed by atoms with E-state index >= 15 is 0 Å². The molecule has 0 aliphatic carbocycles. The lowest BCUT2D eigenvalue weighted by molar-refractivity contribution is 0.211. The highest BCUT2D eigenvalue weighted by Gasteiger charge is 2.20. The van der Waals surface area contributed by atoms with Gasteiger partial charge in [0.1, 0.15) is 5.82 Å². The number of allylic oxidation sites excluding steroid dienone is 1. The molecule has 126 valence electrons. The number of piperidine rings is 1. The van der Waals surface area contributed by atoms with Gasteiger partial charge < -0.3 is 5.32 Å². The van der Waals surface area contributed by atoms with Crippen LogP contribution in [-0.2, 0) is 13.0 Å². The minimum Gasteiger partial charge on any atom is -0.366 e. The lowest BCUT2D eigenvalue weighted by Crippen LogP contribution is -2.38. The second-order valence-electron chi connectivity index (χ2n) is 6.22. The minimum absolute atomic E-state index is 0.422. The summed E-state index contributed by atoms with van der Waals surface area (Å²) in [6, 6.07) is 6.51. The van der Waals surface area contributed by atoms with Gasteiger partial charge in [-0.3, -0.25) is 9.88 Å². The van der Waals surface area contributed by atoms with Crippen molar-refractivity contribution in [3.63, 3.8) is 0 Å². The van der Waals surface area contributed by atoms with Gasteiger partial charge in [-0.05, 0) is 42.5 Å². The summed E-state index contributed by atoms with van der Waals surface area (Å²) < 4.78 is 0. The second kappa shape index (κ2) is 8.27. The molecule has 0 bridgehead atoms. The molecule has 1 N–H and O–H groups in total. The first kappa shape index (κ1) is 16.9. The molecule has 0 spiro atoms. The van der Waals surface area contributed by atoms with Crippen molar-refractivity contribution in [3.05, 3.63) is 65.6 Å². The zero-order valence-electron chi connectivity index (χ0n) is 13.8. The quantitative estimate of drug-likeness (QED) is 0.807. The molecule has 0 unspecified atom stereocenters. The number of rotatable bonds is 6. The molecule has 1 saturated heterocycles. The summed E-state index contributed by atoms with van der Waals surface area (Å²) in [4.78, 5) is 11.1. The molecule has 2 aromatic rings. The highest BCUT2D eigenvalue weighted by molar-refractivity contribution is 6.32. The van der Waals surface area contributed by atoms with Crippen LogP contribution < -0.4 is 5.32 Å². The average molecular weight is 343 g/mol. The molecular weight excluding hydrogens is 320 g/mol. The van der Waals surface area contributed by atoms with Crippen molar-refractivity contribution in [3.8, 4) is 0 Å². The average Bonchev–Trinajstić information content (AvgIpc) is 2.60. The molecular formula is C19H23ClN4. The van der Waals surface area contributed by atoms with E-state index in [0.717, 1.165) is 50.3 Å². The Morgan fingerprint density at radius 3 is 2.79 bits per heavy atom. The van der Waals surface area contributed by atoms with Gasteiger partial charge >= 0.3 is 0 Å². The van der Waals surface area contributed by atoms with Gasteiger partial charge in [0.2, 0.25) is 0 Å². The smallest absolute Gasteiger partial charge is 0.144 e. The zero-order valence-corrected chi connectivity index (χ0v) is 14.5. The first-order valence-electron chi connectivity index (χ1n) is 8.37. The maximum absolute atomic E-state index is 6.34. The molecule has 0 atom stereocenters. The normalized spacial score (nSPS) is 16.0. The van der Waals surface area contributed by atoms with Gasteiger partial charge in [0.05, 0.1) is 5.02 Å². The molecule has 5 heteroatoms. The Hall–Kier alpha value is -1.91. The molecule has 0 aromatic carbocycles. The van der Waals surface area contributed by atoms with Crippen LogP contribution >= 0.6 is 11.6 Å².